The van der Waals surface area contributed by atoms with Crippen molar-refractivity contribution < 1.29 is 9.53 Å². The van der Waals surface area contributed by atoms with Gasteiger partial charge in [-0.15, -0.1) is 12.4 Å². The van der Waals surface area contributed by atoms with Crippen LogP contribution in [0.3, 0.4) is 0 Å². The molecule has 1 amide bonds. The van der Waals surface area contributed by atoms with Crippen LogP contribution in [0.1, 0.15) is 12.5 Å². The van der Waals surface area contributed by atoms with Crippen molar-refractivity contribution in [1.82, 2.24) is 4.90 Å². The Morgan fingerprint density at radius 2 is 1.94 bits per heavy atom. The van der Waals surface area contributed by atoms with Crippen molar-refractivity contribution in [2.45, 2.75) is 13.5 Å². The lowest BCUT2D eigenvalue weighted by Crippen LogP contribution is -2.34. The molecular weight excluding hydrogens is 252 g/mol. The number of nitrogens with two attached hydrogens (primary N) is 1. The monoisotopic (exact) mass is 272 g/mol. The van der Waals surface area contributed by atoms with E-state index in [2.05, 4.69) is 0 Å². The number of rotatable bonds is 5. The molecule has 1 unspecified atom stereocenters. The van der Waals surface area contributed by atoms with Crippen molar-refractivity contribution in [2.24, 2.45) is 11.7 Å². The van der Waals surface area contributed by atoms with E-state index in [9.17, 15) is 4.79 Å². The molecule has 0 aliphatic carbocycles. The van der Waals surface area contributed by atoms with E-state index in [4.69, 9.17) is 10.5 Å². The molecule has 0 aromatic heterocycles. The van der Waals surface area contributed by atoms with E-state index in [1.165, 1.54) is 0 Å². The van der Waals surface area contributed by atoms with Crippen LogP contribution in [0, 0.1) is 5.92 Å². The second kappa shape index (κ2) is 7.95. The normalized spacial score (nSPS) is 11.3. The highest BCUT2D eigenvalue weighted by Gasteiger charge is 2.15. The fraction of sp³-hybridized carbons (Fsp3) is 0.462. The van der Waals surface area contributed by atoms with Gasteiger partial charge in [0.05, 0.1) is 7.11 Å². The van der Waals surface area contributed by atoms with E-state index in [1.807, 2.05) is 31.2 Å². The van der Waals surface area contributed by atoms with E-state index in [0.29, 0.717) is 13.1 Å². The Labute approximate surface area is 115 Å². The number of hydrogen-bond donors (Lipinski definition) is 1. The summed E-state index contributed by atoms with van der Waals surface area (Å²) in [6, 6.07) is 7.69. The molecule has 0 heterocycles. The van der Waals surface area contributed by atoms with Gasteiger partial charge in [-0.2, -0.15) is 0 Å². The van der Waals surface area contributed by atoms with Crippen LogP contribution in [0.2, 0.25) is 0 Å². The van der Waals surface area contributed by atoms with Crippen molar-refractivity contribution in [3.05, 3.63) is 29.8 Å². The molecule has 102 valence electrons. The second-order valence-corrected chi connectivity index (χ2v) is 4.18. The smallest absolute Gasteiger partial charge is 0.226 e. The van der Waals surface area contributed by atoms with E-state index < -0.39 is 0 Å². The predicted octanol–water partition coefficient (Wildman–Crippen LogP) is 1.67. The minimum atomic E-state index is -0.127. The number of carbonyl (C=O) groups excluding carboxylic acids is 1. The summed E-state index contributed by atoms with van der Waals surface area (Å²) in [5.41, 5.74) is 6.55. The average Bonchev–Trinajstić information content (AvgIpc) is 2.37. The van der Waals surface area contributed by atoms with Crippen LogP contribution >= 0.6 is 12.4 Å². The first kappa shape index (κ1) is 16.7. The predicted molar refractivity (Wildman–Crippen MR) is 74.9 cm³/mol. The third-order valence-corrected chi connectivity index (χ3v) is 2.73. The van der Waals surface area contributed by atoms with Crippen LogP contribution in [0.15, 0.2) is 24.3 Å². The van der Waals surface area contributed by atoms with Gasteiger partial charge in [-0.25, -0.2) is 0 Å². The van der Waals surface area contributed by atoms with Gasteiger partial charge in [0.15, 0.2) is 0 Å². The molecule has 5 heteroatoms. The molecule has 1 atom stereocenters. The molecule has 0 saturated carbocycles. The van der Waals surface area contributed by atoms with Crippen molar-refractivity contribution in [1.29, 1.82) is 0 Å². The van der Waals surface area contributed by atoms with Crippen LogP contribution in [-0.2, 0) is 11.3 Å². The lowest BCUT2D eigenvalue weighted by atomic mass is 10.1. The second-order valence-electron chi connectivity index (χ2n) is 4.18. The van der Waals surface area contributed by atoms with Gasteiger partial charge in [0.25, 0.3) is 0 Å². The summed E-state index contributed by atoms with van der Waals surface area (Å²) < 4.78 is 5.08. The summed E-state index contributed by atoms with van der Waals surface area (Å²) in [5.74, 6) is 0.764. The number of amides is 1. The molecule has 0 fully saturated rings. The van der Waals surface area contributed by atoms with E-state index in [0.717, 1.165) is 11.3 Å². The summed E-state index contributed by atoms with van der Waals surface area (Å²) in [4.78, 5) is 13.5. The fourth-order valence-electron chi connectivity index (χ4n) is 1.56. The highest BCUT2D eigenvalue weighted by Crippen LogP contribution is 2.13. The molecule has 18 heavy (non-hydrogen) atoms. The number of carbonyl (C=O) groups is 1. The van der Waals surface area contributed by atoms with Gasteiger partial charge >= 0.3 is 0 Å². The van der Waals surface area contributed by atoms with Gasteiger partial charge in [-0.05, 0) is 17.7 Å². The van der Waals surface area contributed by atoms with Gasteiger partial charge in [0.1, 0.15) is 5.75 Å². The average molecular weight is 273 g/mol. The first-order valence-electron chi connectivity index (χ1n) is 5.66. The third kappa shape index (κ3) is 4.55. The van der Waals surface area contributed by atoms with Crippen molar-refractivity contribution in [3.8, 4) is 5.75 Å². The molecule has 0 bridgehead atoms. The summed E-state index contributed by atoms with van der Waals surface area (Å²) >= 11 is 0. The zero-order valence-electron chi connectivity index (χ0n) is 11.1. The zero-order chi connectivity index (χ0) is 12.8. The Morgan fingerprint density at radius 1 is 1.39 bits per heavy atom. The maximum absolute atomic E-state index is 11.8. The number of halogens is 1. The maximum Gasteiger partial charge on any atom is 0.226 e. The minimum absolute atomic E-state index is 0. The summed E-state index contributed by atoms with van der Waals surface area (Å²) in [5, 5.41) is 0. The largest absolute Gasteiger partial charge is 0.497 e. The van der Waals surface area contributed by atoms with Crippen LogP contribution in [0.5, 0.6) is 5.75 Å². The Bertz CT molecular complexity index is 368. The number of ether oxygens (including phenoxy) is 1. The van der Waals surface area contributed by atoms with Gasteiger partial charge in [0, 0.05) is 26.1 Å². The van der Waals surface area contributed by atoms with Crippen molar-refractivity contribution in [3.63, 3.8) is 0 Å². The van der Waals surface area contributed by atoms with Gasteiger partial charge in [0.2, 0.25) is 5.91 Å². The molecule has 1 aromatic carbocycles. The van der Waals surface area contributed by atoms with E-state index in [1.54, 1.807) is 19.1 Å². The Kier molecular flexibility index (Phi) is 7.39. The van der Waals surface area contributed by atoms with Crippen LogP contribution in [0.4, 0.5) is 0 Å². The van der Waals surface area contributed by atoms with Crippen molar-refractivity contribution in [2.75, 3.05) is 20.7 Å². The van der Waals surface area contributed by atoms with Crippen LogP contribution in [0.25, 0.3) is 0 Å². The topological polar surface area (TPSA) is 55.6 Å². The first-order chi connectivity index (χ1) is 8.08. The molecule has 4 nitrogen and oxygen atoms in total. The quantitative estimate of drug-likeness (QED) is 0.887. The highest BCUT2D eigenvalue weighted by molar-refractivity contribution is 5.85. The minimum Gasteiger partial charge on any atom is -0.497 e. The highest BCUT2D eigenvalue weighted by atomic mass is 35.5. The standard InChI is InChI=1S/C13H20N2O2.ClH/c1-10(8-14)13(16)15(2)9-11-4-6-12(17-3)7-5-11;/h4-7,10H,8-9,14H2,1-3H3;1H. The number of hydrogen-bond acceptors (Lipinski definition) is 3. The Morgan fingerprint density at radius 3 is 2.39 bits per heavy atom. The van der Waals surface area contributed by atoms with Crippen LogP contribution < -0.4 is 10.5 Å². The third-order valence-electron chi connectivity index (χ3n) is 2.73. The van der Waals surface area contributed by atoms with E-state index in [-0.39, 0.29) is 24.2 Å². The van der Waals surface area contributed by atoms with Crippen LogP contribution in [-0.4, -0.2) is 31.5 Å². The maximum atomic E-state index is 11.8. The molecular formula is C13H21ClN2O2. The molecule has 1 aromatic rings. The molecule has 0 spiro atoms. The Hall–Kier alpha value is -1.26. The number of methoxy groups -OCH3 is 1. The molecule has 2 N–H and O–H groups in total. The van der Waals surface area contributed by atoms with Gasteiger partial charge < -0.3 is 15.4 Å². The lowest BCUT2D eigenvalue weighted by molar-refractivity contribution is -0.133. The zero-order valence-corrected chi connectivity index (χ0v) is 11.9. The summed E-state index contributed by atoms with van der Waals surface area (Å²) in [6.07, 6.45) is 0. The van der Waals surface area contributed by atoms with E-state index >= 15 is 0 Å². The number of benzene rings is 1. The molecule has 0 aliphatic rings. The van der Waals surface area contributed by atoms with Gasteiger partial charge in [-0.1, -0.05) is 19.1 Å². The summed E-state index contributed by atoms with van der Waals surface area (Å²) in [6.45, 7) is 2.81. The SMILES string of the molecule is COc1ccc(CN(C)C(=O)C(C)CN)cc1.Cl. The van der Waals surface area contributed by atoms with Crippen molar-refractivity contribution >= 4 is 18.3 Å². The van der Waals surface area contributed by atoms with Gasteiger partial charge in [-0.3, -0.25) is 4.79 Å². The first-order valence-corrected chi connectivity index (χ1v) is 5.66. The number of nitrogens with zero attached hydrogens (tertiary/aromatic N) is 1. The molecule has 0 aliphatic heterocycles. The molecule has 0 saturated heterocycles. The molecule has 0 radical (unpaired) electrons. The lowest BCUT2D eigenvalue weighted by Gasteiger charge is -2.20. The Balaban J connectivity index is 0.00000289. The molecule has 1 rings (SSSR count). The fourth-order valence-corrected chi connectivity index (χ4v) is 1.56. The summed E-state index contributed by atoms with van der Waals surface area (Å²) in [7, 11) is 3.42.